The first-order valence-corrected chi connectivity index (χ1v) is 22.6. The van der Waals surface area contributed by atoms with Crippen LogP contribution < -0.4 is 0 Å². The first kappa shape index (κ1) is 36.6. The fourth-order valence-electron chi connectivity index (χ4n) is 10.1. The molecule has 0 aliphatic heterocycles. The molecule has 9 aromatic carbocycles. The van der Waals surface area contributed by atoms with Gasteiger partial charge in [0.25, 0.3) is 0 Å². The molecule has 0 saturated heterocycles. The van der Waals surface area contributed by atoms with Gasteiger partial charge in [-0.25, -0.2) is 15.0 Å². The molecule has 0 unspecified atom stereocenters. The lowest BCUT2D eigenvalue weighted by Gasteiger charge is -2.13. The van der Waals surface area contributed by atoms with E-state index < -0.39 is 0 Å². The Morgan fingerprint density at radius 1 is 0.455 bits per heavy atom. The van der Waals surface area contributed by atoms with Crippen molar-refractivity contribution in [3.63, 3.8) is 0 Å². The molecule has 0 spiro atoms. The molecular weight excluding hydrogens is 829 g/mol. The molecule has 0 radical (unpaired) electrons. The van der Waals surface area contributed by atoms with Crippen molar-refractivity contribution in [2.45, 2.75) is 0 Å². The van der Waals surface area contributed by atoms with Crippen molar-refractivity contribution >= 4 is 97.1 Å². The summed E-state index contributed by atoms with van der Waals surface area (Å²) in [5.74, 6) is 1.47. The Labute approximate surface area is 380 Å². The number of hydrogen-bond acceptors (Lipinski definition) is 6. The number of nitriles is 1. The average Bonchev–Trinajstić information content (AvgIpc) is 4.14. The van der Waals surface area contributed by atoms with E-state index in [2.05, 4.69) is 130 Å². The van der Waals surface area contributed by atoms with E-state index in [0.29, 0.717) is 34.2 Å². The molecule has 0 bridgehead atoms. The second kappa shape index (κ2) is 14.1. The van der Waals surface area contributed by atoms with Crippen LogP contribution in [0.3, 0.4) is 0 Å². The molecule has 306 valence electrons. The van der Waals surface area contributed by atoms with Gasteiger partial charge in [-0.3, -0.25) is 0 Å². The van der Waals surface area contributed by atoms with Crippen LogP contribution in [0.15, 0.2) is 199 Å². The number of rotatable bonds is 5. The summed E-state index contributed by atoms with van der Waals surface area (Å²) in [4.78, 5) is 15.2. The lowest BCUT2D eigenvalue weighted by molar-refractivity contribution is 0.669. The second-order valence-corrected chi connectivity index (χ2v) is 17.7. The van der Waals surface area contributed by atoms with Crippen LogP contribution in [0.1, 0.15) is 5.56 Å². The van der Waals surface area contributed by atoms with Gasteiger partial charge in [-0.15, -0.1) is 11.3 Å². The monoisotopic (exact) mass is 860 g/mol. The zero-order valence-electron chi connectivity index (χ0n) is 35.0. The third-order valence-corrected chi connectivity index (χ3v) is 14.2. The largest absolute Gasteiger partial charge is 0.455 e. The van der Waals surface area contributed by atoms with Crippen molar-refractivity contribution < 1.29 is 4.42 Å². The molecule has 14 rings (SSSR count). The number of furan rings is 1. The number of benzene rings is 9. The molecule has 14 aromatic rings. The molecule has 0 amide bonds. The van der Waals surface area contributed by atoms with E-state index >= 15 is 0 Å². The molecule has 0 atom stereocenters. The van der Waals surface area contributed by atoms with Crippen molar-refractivity contribution in [1.29, 1.82) is 5.26 Å². The summed E-state index contributed by atoms with van der Waals surface area (Å²) >= 11 is 1.83. The van der Waals surface area contributed by atoms with Gasteiger partial charge in [-0.05, 0) is 72.8 Å². The van der Waals surface area contributed by atoms with E-state index in [9.17, 15) is 5.26 Å². The summed E-state index contributed by atoms with van der Waals surface area (Å²) in [6.45, 7) is 0. The molecule has 0 aliphatic rings. The molecule has 8 heteroatoms. The Kier molecular flexibility index (Phi) is 7.79. The number of nitrogens with zero attached hydrogens (tertiary/aromatic N) is 6. The minimum Gasteiger partial charge on any atom is -0.455 e. The van der Waals surface area contributed by atoms with E-state index in [4.69, 9.17) is 19.4 Å². The highest BCUT2D eigenvalue weighted by Gasteiger charge is 2.24. The quantitative estimate of drug-likeness (QED) is 0.172. The second-order valence-electron chi connectivity index (χ2n) is 16.6. The van der Waals surface area contributed by atoms with Gasteiger partial charge in [0.2, 0.25) is 0 Å². The highest BCUT2D eigenvalue weighted by molar-refractivity contribution is 7.25. The van der Waals surface area contributed by atoms with Gasteiger partial charge in [-0.2, -0.15) is 5.26 Å². The van der Waals surface area contributed by atoms with Crippen LogP contribution in [0, 0.1) is 11.3 Å². The molecule has 7 nitrogen and oxygen atoms in total. The fourth-order valence-corrected chi connectivity index (χ4v) is 11.2. The van der Waals surface area contributed by atoms with Gasteiger partial charge < -0.3 is 13.6 Å². The number of para-hydroxylation sites is 4. The Hall–Kier alpha value is -8.90. The Balaban J connectivity index is 0.994. The van der Waals surface area contributed by atoms with E-state index in [1.807, 2.05) is 90.2 Å². The van der Waals surface area contributed by atoms with Gasteiger partial charge in [-0.1, -0.05) is 121 Å². The third-order valence-electron chi connectivity index (χ3n) is 13.0. The average molecular weight is 861 g/mol. The maximum Gasteiger partial charge on any atom is 0.167 e. The number of hydrogen-bond donors (Lipinski definition) is 0. The summed E-state index contributed by atoms with van der Waals surface area (Å²) in [6.07, 6.45) is 0. The third kappa shape index (κ3) is 5.32. The standard InChI is InChI=1S/C58H32N6OS/c59-33-36-31-35(57-60-56(34-13-2-1-3-14-34)61-58(62-57)44-20-12-19-42-39-16-6-10-23-50(39)65-55(42)44)25-28-46(36)64-47-21-8-4-15-38(47)41-27-29-49-53(54(41)64)43-18-5-9-22-48(43)63(49)37-26-30-52-45(32-37)40-17-7-11-24-51(40)66-52/h1-32H. The highest BCUT2D eigenvalue weighted by Crippen LogP contribution is 2.44. The Morgan fingerprint density at radius 2 is 1.14 bits per heavy atom. The normalized spacial score (nSPS) is 11.9. The van der Waals surface area contributed by atoms with E-state index in [0.717, 1.165) is 82.5 Å². The summed E-state index contributed by atoms with van der Waals surface area (Å²) in [5, 5.41) is 20.2. The number of aromatic nitrogens is 5. The summed E-state index contributed by atoms with van der Waals surface area (Å²) in [5.41, 5.74) is 10.5. The van der Waals surface area contributed by atoms with Crippen molar-refractivity contribution in [1.82, 2.24) is 24.1 Å². The van der Waals surface area contributed by atoms with Crippen LogP contribution in [0.4, 0.5) is 0 Å². The van der Waals surface area contributed by atoms with Gasteiger partial charge in [0.05, 0.1) is 38.9 Å². The van der Waals surface area contributed by atoms with Crippen LogP contribution in [0.25, 0.3) is 131 Å². The highest BCUT2D eigenvalue weighted by atomic mass is 32.1. The predicted octanol–water partition coefficient (Wildman–Crippen LogP) is 15.2. The maximum atomic E-state index is 11.1. The van der Waals surface area contributed by atoms with Crippen LogP contribution in [-0.2, 0) is 0 Å². The van der Waals surface area contributed by atoms with E-state index in [1.54, 1.807) is 0 Å². The van der Waals surface area contributed by atoms with Crippen molar-refractivity contribution in [3.8, 4) is 51.6 Å². The molecule has 5 heterocycles. The number of fused-ring (bicyclic) bond motifs is 13. The topological polar surface area (TPSA) is 85.5 Å². The lowest BCUT2D eigenvalue weighted by Crippen LogP contribution is -2.02. The molecule has 0 saturated carbocycles. The van der Waals surface area contributed by atoms with Crippen LogP contribution in [-0.4, -0.2) is 24.1 Å². The zero-order chi connectivity index (χ0) is 43.5. The van der Waals surface area contributed by atoms with E-state index in [1.165, 1.54) is 20.2 Å². The van der Waals surface area contributed by atoms with Gasteiger partial charge in [0.15, 0.2) is 17.5 Å². The minimum absolute atomic E-state index is 0.457. The smallest absolute Gasteiger partial charge is 0.167 e. The molecule has 66 heavy (non-hydrogen) atoms. The maximum absolute atomic E-state index is 11.1. The Bertz CT molecular complexity index is 4380. The first-order valence-electron chi connectivity index (χ1n) is 21.8. The molecule has 0 N–H and O–H groups in total. The van der Waals surface area contributed by atoms with Crippen LogP contribution in [0.2, 0.25) is 0 Å². The van der Waals surface area contributed by atoms with Crippen molar-refractivity contribution in [3.05, 3.63) is 200 Å². The van der Waals surface area contributed by atoms with Gasteiger partial charge in [0.1, 0.15) is 17.2 Å². The number of thiophene rings is 1. The van der Waals surface area contributed by atoms with Crippen molar-refractivity contribution in [2.24, 2.45) is 0 Å². The summed E-state index contributed by atoms with van der Waals surface area (Å²) in [6, 6.07) is 69.7. The SMILES string of the molecule is N#Cc1cc(-c2nc(-c3ccccc3)nc(-c3cccc4c3oc3ccccc34)n2)ccc1-n1c2ccccc2c2ccc3c(c4ccccc4n3-c3ccc4sc5ccccc5c4c3)c21. The summed E-state index contributed by atoms with van der Waals surface area (Å²) in [7, 11) is 0. The molecule has 0 fully saturated rings. The summed E-state index contributed by atoms with van der Waals surface area (Å²) < 4.78 is 13.7. The van der Waals surface area contributed by atoms with Gasteiger partial charge in [0, 0.05) is 69.3 Å². The van der Waals surface area contributed by atoms with E-state index in [-0.39, 0.29) is 0 Å². The molecular formula is C58H32N6OS. The van der Waals surface area contributed by atoms with Crippen LogP contribution in [0.5, 0.6) is 0 Å². The lowest BCUT2D eigenvalue weighted by atomic mass is 10.1. The zero-order valence-corrected chi connectivity index (χ0v) is 35.8. The first-order chi connectivity index (χ1) is 32.7. The van der Waals surface area contributed by atoms with Crippen LogP contribution >= 0.6 is 11.3 Å². The predicted molar refractivity (Wildman–Crippen MR) is 270 cm³/mol. The molecule has 0 aliphatic carbocycles. The molecule has 5 aromatic heterocycles. The van der Waals surface area contributed by atoms with Crippen molar-refractivity contribution in [2.75, 3.05) is 0 Å². The van der Waals surface area contributed by atoms with Gasteiger partial charge >= 0.3 is 0 Å². The Morgan fingerprint density at radius 3 is 1.98 bits per heavy atom. The minimum atomic E-state index is 0.457. The fraction of sp³-hybridized carbons (Fsp3) is 0.